The van der Waals surface area contributed by atoms with Crippen molar-refractivity contribution in [2.24, 2.45) is 7.05 Å². The summed E-state index contributed by atoms with van der Waals surface area (Å²) in [6, 6.07) is 10.1. The maximum atomic E-state index is 12.6. The zero-order valence-corrected chi connectivity index (χ0v) is 17.4. The monoisotopic (exact) mass is 441 g/mol. The van der Waals surface area contributed by atoms with Crippen molar-refractivity contribution in [1.29, 1.82) is 0 Å². The van der Waals surface area contributed by atoms with Gasteiger partial charge in [0.2, 0.25) is 5.91 Å². The second-order valence-corrected chi connectivity index (χ2v) is 8.33. The molecule has 1 aromatic heterocycles. The van der Waals surface area contributed by atoms with E-state index in [0.717, 1.165) is 0 Å². The maximum absolute atomic E-state index is 12.6. The summed E-state index contributed by atoms with van der Waals surface area (Å²) in [5, 5.41) is 3.98. The largest absolute Gasteiger partial charge is 0.323 e. The van der Waals surface area contributed by atoms with E-state index in [4.69, 9.17) is 34.8 Å². The number of anilines is 1. The third-order valence-corrected chi connectivity index (χ3v) is 5.81. The molecule has 1 amide bonds. The Bertz CT molecular complexity index is 1080. The van der Waals surface area contributed by atoms with Gasteiger partial charge in [0.15, 0.2) is 5.16 Å². The molecule has 2 aromatic carbocycles. The Hall–Kier alpha value is -1.73. The van der Waals surface area contributed by atoms with Crippen LogP contribution in [0.2, 0.25) is 15.1 Å². The van der Waals surface area contributed by atoms with Crippen LogP contribution in [-0.4, -0.2) is 20.7 Å². The van der Waals surface area contributed by atoms with E-state index in [1.807, 2.05) is 6.07 Å². The molecule has 27 heavy (non-hydrogen) atoms. The molecule has 0 radical (unpaired) electrons. The molecule has 0 bridgehead atoms. The van der Waals surface area contributed by atoms with Crippen LogP contribution in [0, 0.1) is 0 Å². The lowest BCUT2D eigenvalue weighted by atomic mass is 10.2. The van der Waals surface area contributed by atoms with Crippen LogP contribution in [0.5, 0.6) is 0 Å². The van der Waals surface area contributed by atoms with E-state index < -0.39 is 5.25 Å². The highest BCUT2D eigenvalue weighted by atomic mass is 35.5. The summed E-state index contributed by atoms with van der Waals surface area (Å²) in [4.78, 5) is 29.5. The van der Waals surface area contributed by atoms with Crippen LogP contribution in [0.1, 0.15) is 6.92 Å². The van der Waals surface area contributed by atoms with E-state index in [2.05, 4.69) is 10.3 Å². The Kier molecular flexibility index (Phi) is 6.01. The van der Waals surface area contributed by atoms with Gasteiger partial charge in [-0.2, -0.15) is 0 Å². The zero-order valence-electron chi connectivity index (χ0n) is 14.3. The fraction of sp³-hybridized carbons (Fsp3) is 0.167. The summed E-state index contributed by atoms with van der Waals surface area (Å²) >= 11 is 19.3. The van der Waals surface area contributed by atoms with Crippen molar-refractivity contribution in [3.05, 3.63) is 61.8 Å². The highest BCUT2D eigenvalue weighted by Gasteiger charge is 2.20. The number of rotatable bonds is 4. The molecule has 0 aliphatic carbocycles. The molecule has 3 rings (SSSR count). The van der Waals surface area contributed by atoms with Gasteiger partial charge in [0.05, 0.1) is 31.9 Å². The van der Waals surface area contributed by atoms with E-state index in [-0.39, 0.29) is 21.5 Å². The number of aromatic nitrogens is 2. The van der Waals surface area contributed by atoms with E-state index in [1.165, 1.54) is 28.5 Å². The molecule has 9 heteroatoms. The molecular weight excluding hydrogens is 429 g/mol. The number of nitrogens with one attached hydrogen (secondary N) is 1. The van der Waals surface area contributed by atoms with Gasteiger partial charge in [0.25, 0.3) is 5.56 Å². The van der Waals surface area contributed by atoms with Crippen LogP contribution in [0.15, 0.2) is 46.3 Å². The number of hydrogen-bond acceptors (Lipinski definition) is 4. The maximum Gasteiger partial charge on any atom is 0.261 e. The van der Waals surface area contributed by atoms with Crippen molar-refractivity contribution in [3.8, 4) is 0 Å². The number of fused-ring (bicyclic) bond motifs is 1. The summed E-state index contributed by atoms with van der Waals surface area (Å²) in [5.41, 5.74) is 0.708. The second-order valence-electron chi connectivity index (χ2n) is 5.77. The third-order valence-electron chi connectivity index (χ3n) is 3.85. The van der Waals surface area contributed by atoms with E-state index >= 15 is 0 Å². The summed E-state index contributed by atoms with van der Waals surface area (Å²) in [7, 11) is 1.63. The predicted molar refractivity (Wildman–Crippen MR) is 112 cm³/mol. The first-order valence-electron chi connectivity index (χ1n) is 7.85. The first-order valence-corrected chi connectivity index (χ1v) is 9.87. The standard InChI is InChI=1S/C18H14Cl3N3O2S/c1-9(16(25)23-15-12(20)7-10(19)8-13(15)21)27-18-22-14-6-4-3-5-11(14)17(26)24(18)2/h3-9H,1-2H3,(H,23,25)/t9-/m0/s1. The fourth-order valence-corrected chi connectivity index (χ4v) is 4.19. The number of para-hydroxylation sites is 1. The molecule has 0 aliphatic rings. The Morgan fingerprint density at radius 3 is 2.48 bits per heavy atom. The summed E-state index contributed by atoms with van der Waals surface area (Å²) in [6.45, 7) is 1.71. The fourth-order valence-electron chi connectivity index (χ4n) is 2.40. The molecule has 140 valence electrons. The third kappa shape index (κ3) is 4.24. The van der Waals surface area contributed by atoms with Crippen LogP contribution in [0.4, 0.5) is 5.69 Å². The SMILES string of the molecule is C[C@H](Sc1nc2ccccc2c(=O)n1C)C(=O)Nc1c(Cl)cc(Cl)cc1Cl. The molecule has 5 nitrogen and oxygen atoms in total. The molecule has 3 aromatic rings. The summed E-state index contributed by atoms with van der Waals surface area (Å²) in [6.07, 6.45) is 0. The number of carbonyl (C=O) groups excluding carboxylic acids is 1. The number of halogens is 3. The van der Waals surface area contributed by atoms with Crippen LogP contribution in [0.25, 0.3) is 10.9 Å². The summed E-state index contributed by atoms with van der Waals surface area (Å²) < 4.78 is 1.43. The van der Waals surface area contributed by atoms with Gasteiger partial charge in [-0.3, -0.25) is 14.2 Å². The van der Waals surface area contributed by atoms with Gasteiger partial charge in [-0.05, 0) is 31.2 Å². The van der Waals surface area contributed by atoms with Crippen molar-refractivity contribution in [2.45, 2.75) is 17.3 Å². The minimum Gasteiger partial charge on any atom is -0.323 e. The van der Waals surface area contributed by atoms with E-state index in [1.54, 1.807) is 32.2 Å². The van der Waals surface area contributed by atoms with E-state index in [9.17, 15) is 9.59 Å². The predicted octanol–water partition coefficient (Wildman–Crippen LogP) is 5.01. The first-order chi connectivity index (χ1) is 12.8. The lowest BCUT2D eigenvalue weighted by molar-refractivity contribution is -0.115. The Morgan fingerprint density at radius 1 is 1.19 bits per heavy atom. The average Bonchev–Trinajstić information content (AvgIpc) is 2.62. The second kappa shape index (κ2) is 8.10. The van der Waals surface area contributed by atoms with Crippen LogP contribution >= 0.6 is 46.6 Å². The number of amides is 1. The van der Waals surface area contributed by atoms with Gasteiger partial charge in [-0.1, -0.05) is 58.7 Å². The first kappa shape index (κ1) is 20.0. The summed E-state index contributed by atoms with van der Waals surface area (Å²) in [5.74, 6) is -0.325. The van der Waals surface area contributed by atoms with Gasteiger partial charge in [0.1, 0.15) is 0 Å². The van der Waals surface area contributed by atoms with Gasteiger partial charge < -0.3 is 5.32 Å². The molecule has 1 heterocycles. The van der Waals surface area contributed by atoms with Crippen molar-refractivity contribution in [2.75, 3.05) is 5.32 Å². The minimum atomic E-state index is -0.549. The number of thioether (sulfide) groups is 1. The highest BCUT2D eigenvalue weighted by molar-refractivity contribution is 8.00. The molecule has 1 N–H and O–H groups in total. The molecule has 0 saturated carbocycles. The quantitative estimate of drug-likeness (QED) is 0.455. The number of hydrogen-bond donors (Lipinski definition) is 1. The van der Waals surface area contributed by atoms with Gasteiger partial charge >= 0.3 is 0 Å². The molecule has 0 spiro atoms. The Labute approximate surface area is 174 Å². The van der Waals surface area contributed by atoms with Gasteiger partial charge in [-0.25, -0.2) is 4.98 Å². The smallest absolute Gasteiger partial charge is 0.261 e. The number of benzene rings is 2. The average molecular weight is 443 g/mol. The molecule has 0 saturated heterocycles. The topological polar surface area (TPSA) is 64.0 Å². The van der Waals surface area contributed by atoms with Crippen LogP contribution < -0.4 is 10.9 Å². The van der Waals surface area contributed by atoms with Crippen LogP contribution in [-0.2, 0) is 11.8 Å². The molecule has 1 atom stereocenters. The van der Waals surface area contributed by atoms with Crippen molar-refractivity contribution >= 4 is 69.1 Å². The molecule has 0 unspecified atom stereocenters. The molecule has 0 fully saturated rings. The molecule has 0 aliphatic heterocycles. The lowest BCUT2D eigenvalue weighted by Crippen LogP contribution is -2.25. The normalized spacial score (nSPS) is 12.2. The number of carbonyl (C=O) groups is 1. The Morgan fingerprint density at radius 2 is 1.81 bits per heavy atom. The molecular formula is C18H14Cl3N3O2S. The number of nitrogens with zero attached hydrogens (tertiary/aromatic N) is 2. The highest BCUT2D eigenvalue weighted by Crippen LogP contribution is 2.34. The minimum absolute atomic E-state index is 0.167. The van der Waals surface area contributed by atoms with Crippen molar-refractivity contribution in [1.82, 2.24) is 9.55 Å². The van der Waals surface area contributed by atoms with Gasteiger partial charge in [-0.15, -0.1) is 0 Å². The lowest BCUT2D eigenvalue weighted by Gasteiger charge is -2.15. The van der Waals surface area contributed by atoms with Gasteiger partial charge in [0, 0.05) is 12.1 Å². The van der Waals surface area contributed by atoms with Crippen LogP contribution in [0.3, 0.4) is 0 Å². The van der Waals surface area contributed by atoms with E-state index in [0.29, 0.717) is 26.8 Å². The zero-order chi connectivity index (χ0) is 19.7. The van der Waals surface area contributed by atoms with Crippen molar-refractivity contribution < 1.29 is 4.79 Å². The Balaban J connectivity index is 1.84. The van der Waals surface area contributed by atoms with Crippen molar-refractivity contribution in [3.63, 3.8) is 0 Å².